The highest BCUT2D eigenvalue weighted by molar-refractivity contribution is 5.93. The molecule has 3 N–H and O–H groups in total. The molecule has 1 saturated heterocycles. The Morgan fingerprint density at radius 3 is 2.59 bits per heavy atom. The van der Waals surface area contributed by atoms with Gasteiger partial charge in [-0.25, -0.2) is 9.18 Å². The number of nitrogens with zero attached hydrogens (tertiary/aromatic N) is 2. The molecule has 1 amide bonds. The van der Waals surface area contributed by atoms with Gasteiger partial charge in [-0.2, -0.15) is 0 Å². The number of pyridine rings is 1. The highest BCUT2D eigenvalue weighted by Crippen LogP contribution is 2.42. The van der Waals surface area contributed by atoms with Crippen LogP contribution in [0.25, 0.3) is 10.9 Å². The lowest BCUT2D eigenvalue weighted by Gasteiger charge is -2.26. The van der Waals surface area contributed by atoms with Crippen molar-refractivity contribution in [1.29, 1.82) is 0 Å². The standard InChI is InChI=1S/C21H26FN3O4/c1-10-17-15(19(26)11(2)20(27)25(17)14-4-5-14)8-16(22)18(10)24-7-6-13(9-24)12(3)23-21(28)29/h8,12-14,23,26H,4-7,9H2,1-3H3,(H,28,29)/t12-,13?/m0/s1. The molecule has 8 heteroatoms. The second kappa shape index (κ2) is 6.93. The molecule has 0 bridgehead atoms. The summed E-state index contributed by atoms with van der Waals surface area (Å²) in [6, 6.07) is 1.18. The number of halogens is 1. The van der Waals surface area contributed by atoms with Gasteiger partial charge in [-0.05, 0) is 57.6 Å². The SMILES string of the molecule is Cc1c(O)c2cc(F)c(N3CCC([C@H](C)NC(=O)O)C3)c(C)c2n(C2CC2)c1=O. The average molecular weight is 403 g/mol. The maximum atomic E-state index is 15.2. The van der Waals surface area contributed by atoms with Crippen molar-refractivity contribution in [1.82, 2.24) is 9.88 Å². The Kier molecular flexibility index (Phi) is 4.67. The van der Waals surface area contributed by atoms with E-state index in [-0.39, 0.29) is 34.9 Å². The van der Waals surface area contributed by atoms with Gasteiger partial charge >= 0.3 is 6.09 Å². The van der Waals surface area contributed by atoms with Crippen LogP contribution in [-0.4, -0.2) is 40.0 Å². The summed E-state index contributed by atoms with van der Waals surface area (Å²) in [5.74, 6) is -0.531. The van der Waals surface area contributed by atoms with E-state index in [0.717, 1.165) is 19.3 Å². The highest BCUT2D eigenvalue weighted by atomic mass is 19.1. The largest absolute Gasteiger partial charge is 0.507 e. The van der Waals surface area contributed by atoms with Gasteiger partial charge in [0, 0.05) is 30.6 Å². The molecule has 2 heterocycles. The minimum atomic E-state index is -1.07. The average Bonchev–Trinajstić information content (AvgIpc) is 3.37. The molecule has 2 fully saturated rings. The quantitative estimate of drug-likeness (QED) is 0.728. The molecule has 1 aliphatic heterocycles. The molecule has 0 spiro atoms. The highest BCUT2D eigenvalue weighted by Gasteiger charge is 2.33. The van der Waals surface area contributed by atoms with Gasteiger partial charge < -0.3 is 25.0 Å². The Balaban J connectivity index is 1.81. The number of amides is 1. The molecule has 1 unspecified atom stereocenters. The number of carbonyl (C=O) groups is 1. The number of benzene rings is 1. The Labute approximate surface area is 167 Å². The predicted octanol–water partition coefficient (Wildman–Crippen LogP) is 3.28. The first-order valence-corrected chi connectivity index (χ1v) is 10.0. The molecule has 2 aliphatic rings. The van der Waals surface area contributed by atoms with E-state index in [1.165, 1.54) is 6.07 Å². The molecule has 156 valence electrons. The zero-order valence-electron chi connectivity index (χ0n) is 16.8. The second-order valence-corrected chi connectivity index (χ2v) is 8.34. The lowest BCUT2D eigenvalue weighted by molar-refractivity contribution is 0.186. The third-order valence-electron chi connectivity index (χ3n) is 6.36. The molecular weight excluding hydrogens is 377 g/mol. The van der Waals surface area contributed by atoms with E-state index in [4.69, 9.17) is 5.11 Å². The molecule has 1 aliphatic carbocycles. The molecule has 1 aromatic heterocycles. The number of carboxylic acid groups (broad SMARTS) is 1. The maximum Gasteiger partial charge on any atom is 0.404 e. The van der Waals surface area contributed by atoms with Crippen LogP contribution in [0.5, 0.6) is 5.75 Å². The number of aryl methyl sites for hydroxylation is 1. The van der Waals surface area contributed by atoms with E-state index in [1.807, 2.05) is 11.8 Å². The molecular formula is C21H26FN3O4. The zero-order chi connectivity index (χ0) is 21.0. The van der Waals surface area contributed by atoms with Crippen LogP contribution < -0.4 is 15.8 Å². The summed E-state index contributed by atoms with van der Waals surface area (Å²) in [6.45, 7) is 6.30. The van der Waals surface area contributed by atoms with Crippen molar-refractivity contribution < 1.29 is 19.4 Å². The summed E-state index contributed by atoms with van der Waals surface area (Å²) in [5, 5.41) is 22.3. The molecule has 29 heavy (non-hydrogen) atoms. The van der Waals surface area contributed by atoms with E-state index < -0.39 is 11.9 Å². The van der Waals surface area contributed by atoms with E-state index in [9.17, 15) is 14.7 Å². The van der Waals surface area contributed by atoms with Crippen molar-refractivity contribution in [3.8, 4) is 5.75 Å². The number of fused-ring (bicyclic) bond motifs is 1. The number of hydrogen-bond acceptors (Lipinski definition) is 4. The Bertz CT molecular complexity index is 1060. The van der Waals surface area contributed by atoms with Crippen molar-refractivity contribution in [2.75, 3.05) is 18.0 Å². The summed E-state index contributed by atoms with van der Waals surface area (Å²) in [6.07, 6.45) is 1.47. The van der Waals surface area contributed by atoms with E-state index in [2.05, 4.69) is 5.32 Å². The third-order valence-corrected chi connectivity index (χ3v) is 6.36. The fourth-order valence-electron chi connectivity index (χ4n) is 4.61. The maximum absolute atomic E-state index is 15.2. The number of anilines is 1. The van der Waals surface area contributed by atoms with Gasteiger partial charge in [0.15, 0.2) is 0 Å². The van der Waals surface area contributed by atoms with Crippen LogP contribution in [0, 0.1) is 25.6 Å². The van der Waals surface area contributed by atoms with Crippen molar-refractivity contribution >= 4 is 22.7 Å². The van der Waals surface area contributed by atoms with Gasteiger partial charge in [0.05, 0.1) is 16.8 Å². The van der Waals surface area contributed by atoms with E-state index in [1.54, 1.807) is 18.4 Å². The number of aromatic hydroxyl groups is 1. The number of aromatic nitrogens is 1. The predicted molar refractivity (Wildman–Crippen MR) is 109 cm³/mol. The summed E-state index contributed by atoms with van der Waals surface area (Å²) in [7, 11) is 0. The summed E-state index contributed by atoms with van der Waals surface area (Å²) in [4.78, 5) is 25.7. The summed E-state index contributed by atoms with van der Waals surface area (Å²) < 4.78 is 16.9. The Hall–Kier alpha value is -2.77. The monoisotopic (exact) mass is 403 g/mol. The van der Waals surface area contributed by atoms with Gasteiger partial charge in [-0.1, -0.05) is 0 Å². The van der Waals surface area contributed by atoms with Crippen LogP contribution in [-0.2, 0) is 0 Å². The molecule has 2 aromatic rings. The van der Waals surface area contributed by atoms with E-state index in [0.29, 0.717) is 35.2 Å². The topological polar surface area (TPSA) is 94.8 Å². The van der Waals surface area contributed by atoms with Crippen LogP contribution in [0.3, 0.4) is 0 Å². The Morgan fingerprint density at radius 2 is 1.97 bits per heavy atom. The normalized spacial score (nSPS) is 20.3. The number of nitrogens with one attached hydrogen (secondary N) is 1. The molecule has 0 radical (unpaired) electrons. The van der Waals surface area contributed by atoms with Crippen LogP contribution >= 0.6 is 0 Å². The van der Waals surface area contributed by atoms with Gasteiger partial charge in [0.25, 0.3) is 5.56 Å². The van der Waals surface area contributed by atoms with Crippen LogP contribution in [0.1, 0.15) is 43.4 Å². The lowest BCUT2D eigenvalue weighted by atomic mass is 10.0. The van der Waals surface area contributed by atoms with Gasteiger partial charge in [0.1, 0.15) is 11.6 Å². The van der Waals surface area contributed by atoms with Crippen molar-refractivity contribution in [3.05, 3.63) is 33.4 Å². The third kappa shape index (κ3) is 3.20. The Morgan fingerprint density at radius 1 is 1.28 bits per heavy atom. The number of hydrogen-bond donors (Lipinski definition) is 3. The zero-order valence-corrected chi connectivity index (χ0v) is 16.8. The van der Waals surface area contributed by atoms with Crippen molar-refractivity contribution in [3.63, 3.8) is 0 Å². The van der Waals surface area contributed by atoms with Crippen LogP contribution in [0.15, 0.2) is 10.9 Å². The first-order chi connectivity index (χ1) is 13.7. The van der Waals surface area contributed by atoms with Gasteiger partial charge in [-0.3, -0.25) is 4.79 Å². The second-order valence-electron chi connectivity index (χ2n) is 8.34. The van der Waals surface area contributed by atoms with Gasteiger partial charge in [-0.15, -0.1) is 0 Å². The van der Waals surface area contributed by atoms with E-state index >= 15 is 4.39 Å². The van der Waals surface area contributed by atoms with Gasteiger partial charge in [0.2, 0.25) is 0 Å². The number of rotatable bonds is 4. The fraction of sp³-hybridized carbons (Fsp3) is 0.524. The first-order valence-electron chi connectivity index (χ1n) is 10.0. The van der Waals surface area contributed by atoms with Crippen LogP contribution in [0.2, 0.25) is 0 Å². The van der Waals surface area contributed by atoms with Crippen molar-refractivity contribution in [2.45, 2.75) is 52.1 Å². The summed E-state index contributed by atoms with van der Waals surface area (Å²) >= 11 is 0. The molecule has 1 saturated carbocycles. The fourth-order valence-corrected chi connectivity index (χ4v) is 4.61. The molecule has 4 rings (SSSR count). The minimum Gasteiger partial charge on any atom is -0.507 e. The molecule has 1 aromatic carbocycles. The smallest absolute Gasteiger partial charge is 0.404 e. The van der Waals surface area contributed by atoms with Crippen molar-refractivity contribution in [2.24, 2.45) is 5.92 Å². The minimum absolute atomic E-state index is 0.0673. The first kappa shape index (κ1) is 19.5. The molecule has 7 nitrogen and oxygen atoms in total. The summed E-state index contributed by atoms with van der Waals surface area (Å²) in [5.41, 5.74) is 1.68. The lowest BCUT2D eigenvalue weighted by Crippen LogP contribution is -2.38. The van der Waals surface area contributed by atoms with Crippen LogP contribution in [0.4, 0.5) is 14.9 Å². The molecule has 2 atom stereocenters.